The lowest BCUT2D eigenvalue weighted by atomic mass is 9.67. The molecule has 0 aliphatic heterocycles. The third-order valence-electron chi connectivity index (χ3n) is 5.71. The van der Waals surface area contributed by atoms with E-state index in [1.165, 1.54) is 25.7 Å². The monoisotopic (exact) mass is 273 g/mol. The first-order chi connectivity index (χ1) is 9.48. The Hall–Kier alpha value is -0.820. The fraction of sp³-hybridized carbons (Fsp3) is 0.684. The number of benzene rings is 1. The highest BCUT2D eigenvalue weighted by Gasteiger charge is 2.32. The van der Waals surface area contributed by atoms with Crippen LogP contribution in [0.4, 0.5) is 0 Å². The third-order valence-corrected chi connectivity index (χ3v) is 5.71. The van der Waals surface area contributed by atoms with E-state index < -0.39 is 0 Å². The topological polar surface area (TPSA) is 26.0 Å². The van der Waals surface area contributed by atoms with Gasteiger partial charge in [0.1, 0.15) is 0 Å². The summed E-state index contributed by atoms with van der Waals surface area (Å²) in [6.07, 6.45) is 5.33. The lowest BCUT2D eigenvalue weighted by molar-refractivity contribution is 0.303. The maximum atomic E-state index is 6.05. The van der Waals surface area contributed by atoms with Gasteiger partial charge in [0.25, 0.3) is 0 Å². The Balaban J connectivity index is 2.41. The number of hydrogen-bond acceptors (Lipinski definition) is 1. The van der Waals surface area contributed by atoms with Crippen LogP contribution in [0.1, 0.15) is 70.4 Å². The first-order valence-corrected chi connectivity index (χ1v) is 8.28. The lowest BCUT2D eigenvalue weighted by Crippen LogP contribution is -2.30. The Morgan fingerprint density at radius 2 is 1.80 bits per heavy atom. The zero-order chi connectivity index (χ0) is 14.8. The molecule has 2 rings (SSSR count). The van der Waals surface area contributed by atoms with E-state index in [-0.39, 0.29) is 5.41 Å². The van der Waals surface area contributed by atoms with Crippen molar-refractivity contribution in [3.63, 3.8) is 0 Å². The minimum atomic E-state index is 0.229. The highest BCUT2D eigenvalue weighted by Crippen LogP contribution is 2.43. The zero-order valence-corrected chi connectivity index (χ0v) is 13.7. The van der Waals surface area contributed by atoms with E-state index in [1.54, 1.807) is 11.1 Å². The lowest BCUT2D eigenvalue weighted by Gasteiger charge is -2.38. The molecule has 0 bridgehead atoms. The maximum Gasteiger partial charge on any atom is -0.00430 e. The molecule has 0 amide bonds. The predicted octanol–water partition coefficient (Wildman–Crippen LogP) is 4.85. The third kappa shape index (κ3) is 2.93. The first-order valence-electron chi connectivity index (χ1n) is 8.28. The highest BCUT2D eigenvalue weighted by atomic mass is 14.6. The molecule has 1 aliphatic carbocycles. The molecule has 0 heterocycles. The summed E-state index contributed by atoms with van der Waals surface area (Å²) in [6, 6.07) is 9.11. The summed E-state index contributed by atoms with van der Waals surface area (Å²) in [5, 5.41) is 0. The molecule has 1 fully saturated rings. The molecule has 1 heteroatoms. The fourth-order valence-electron chi connectivity index (χ4n) is 3.62. The van der Waals surface area contributed by atoms with E-state index in [4.69, 9.17) is 5.73 Å². The summed E-state index contributed by atoms with van der Waals surface area (Å²) in [6.45, 7) is 10.3. The average molecular weight is 273 g/mol. The molecule has 1 aromatic carbocycles. The molecule has 1 aromatic rings. The van der Waals surface area contributed by atoms with Crippen LogP contribution in [0.5, 0.6) is 0 Å². The van der Waals surface area contributed by atoms with Crippen LogP contribution in [0, 0.1) is 11.8 Å². The zero-order valence-electron chi connectivity index (χ0n) is 13.7. The quantitative estimate of drug-likeness (QED) is 0.833. The second-order valence-corrected chi connectivity index (χ2v) is 7.35. The summed E-state index contributed by atoms with van der Waals surface area (Å²) < 4.78 is 0. The van der Waals surface area contributed by atoms with E-state index in [0.29, 0.717) is 17.8 Å². The van der Waals surface area contributed by atoms with Crippen molar-refractivity contribution in [3.8, 4) is 0 Å². The van der Waals surface area contributed by atoms with Gasteiger partial charge in [-0.2, -0.15) is 0 Å². The molecule has 112 valence electrons. The van der Waals surface area contributed by atoms with Crippen molar-refractivity contribution in [1.29, 1.82) is 0 Å². The minimum absolute atomic E-state index is 0.229. The molecule has 0 aromatic heterocycles. The smallest absolute Gasteiger partial charge is 0.00430 e. The van der Waals surface area contributed by atoms with Gasteiger partial charge in [-0.05, 0) is 53.7 Å². The summed E-state index contributed by atoms with van der Waals surface area (Å²) in [4.78, 5) is 0. The highest BCUT2D eigenvalue weighted by molar-refractivity contribution is 5.37. The molecular weight excluding hydrogens is 242 g/mol. The van der Waals surface area contributed by atoms with Crippen LogP contribution < -0.4 is 5.73 Å². The molecule has 1 saturated carbocycles. The molecule has 0 spiro atoms. The van der Waals surface area contributed by atoms with Gasteiger partial charge in [-0.3, -0.25) is 0 Å². The van der Waals surface area contributed by atoms with Crippen molar-refractivity contribution >= 4 is 0 Å². The first kappa shape index (κ1) is 15.6. The number of rotatable bonds is 4. The van der Waals surface area contributed by atoms with Gasteiger partial charge in [0.05, 0.1) is 0 Å². The van der Waals surface area contributed by atoms with Crippen LogP contribution in [-0.2, 0) is 5.41 Å². The molecule has 2 N–H and O–H groups in total. The van der Waals surface area contributed by atoms with Crippen LogP contribution in [0.3, 0.4) is 0 Å². The van der Waals surface area contributed by atoms with Crippen molar-refractivity contribution < 1.29 is 0 Å². The van der Waals surface area contributed by atoms with Crippen LogP contribution in [0.25, 0.3) is 0 Å². The average Bonchev–Trinajstić information content (AvgIpc) is 2.47. The molecule has 1 nitrogen and oxygen atoms in total. The number of nitrogens with two attached hydrogens (primary N) is 1. The van der Waals surface area contributed by atoms with Gasteiger partial charge < -0.3 is 5.73 Å². The minimum Gasteiger partial charge on any atom is -0.330 e. The SMILES string of the molecule is CC(C)C(C)(C)c1ccccc1C1CCCCC1CN. The van der Waals surface area contributed by atoms with E-state index in [1.807, 2.05) is 0 Å². The molecule has 2 atom stereocenters. The summed E-state index contributed by atoms with van der Waals surface area (Å²) in [5.41, 5.74) is 9.39. The van der Waals surface area contributed by atoms with Crippen molar-refractivity contribution in [2.45, 2.75) is 64.7 Å². The van der Waals surface area contributed by atoms with E-state index in [2.05, 4.69) is 52.0 Å². The largest absolute Gasteiger partial charge is 0.330 e. The molecule has 0 radical (unpaired) electrons. The van der Waals surface area contributed by atoms with Gasteiger partial charge in [0, 0.05) is 0 Å². The van der Waals surface area contributed by atoms with Gasteiger partial charge >= 0.3 is 0 Å². The molecule has 2 unspecified atom stereocenters. The van der Waals surface area contributed by atoms with Gasteiger partial charge in [-0.1, -0.05) is 64.8 Å². The van der Waals surface area contributed by atoms with Gasteiger partial charge in [-0.15, -0.1) is 0 Å². The van der Waals surface area contributed by atoms with Crippen LogP contribution in [0.2, 0.25) is 0 Å². The fourth-order valence-corrected chi connectivity index (χ4v) is 3.62. The second-order valence-electron chi connectivity index (χ2n) is 7.35. The maximum absolute atomic E-state index is 6.05. The van der Waals surface area contributed by atoms with Crippen LogP contribution in [-0.4, -0.2) is 6.54 Å². The molecule has 0 saturated heterocycles. The van der Waals surface area contributed by atoms with Gasteiger partial charge in [0.2, 0.25) is 0 Å². The van der Waals surface area contributed by atoms with E-state index in [0.717, 1.165) is 6.54 Å². The van der Waals surface area contributed by atoms with Crippen molar-refractivity contribution in [2.75, 3.05) is 6.54 Å². The molecule has 20 heavy (non-hydrogen) atoms. The molecular formula is C19H31N. The normalized spacial score (nSPS) is 24.1. The Labute approximate surface area is 125 Å². The second kappa shape index (κ2) is 6.30. The van der Waals surface area contributed by atoms with Crippen molar-refractivity contribution in [3.05, 3.63) is 35.4 Å². The summed E-state index contributed by atoms with van der Waals surface area (Å²) >= 11 is 0. The van der Waals surface area contributed by atoms with Crippen LogP contribution in [0.15, 0.2) is 24.3 Å². The van der Waals surface area contributed by atoms with E-state index in [9.17, 15) is 0 Å². The van der Waals surface area contributed by atoms with Crippen molar-refractivity contribution in [2.24, 2.45) is 17.6 Å². The summed E-state index contributed by atoms with van der Waals surface area (Å²) in [7, 11) is 0. The molecule has 1 aliphatic rings. The van der Waals surface area contributed by atoms with Crippen molar-refractivity contribution in [1.82, 2.24) is 0 Å². The standard InChI is InChI=1S/C19H31N/c1-14(2)19(3,4)18-12-8-7-11-17(18)16-10-6-5-9-15(16)13-20/h7-8,11-12,14-16H,5-6,9-10,13,20H2,1-4H3. The Morgan fingerprint density at radius 3 is 2.45 bits per heavy atom. The summed E-state index contributed by atoms with van der Waals surface area (Å²) in [5.74, 6) is 1.99. The van der Waals surface area contributed by atoms with E-state index >= 15 is 0 Å². The van der Waals surface area contributed by atoms with Gasteiger partial charge in [-0.25, -0.2) is 0 Å². The Bertz CT molecular complexity index is 433. The Morgan fingerprint density at radius 1 is 1.15 bits per heavy atom. The van der Waals surface area contributed by atoms with Crippen LogP contribution >= 0.6 is 0 Å². The number of hydrogen-bond donors (Lipinski definition) is 1. The predicted molar refractivity (Wildman–Crippen MR) is 88.1 cm³/mol. The Kier molecular flexibility index (Phi) is 4.90. The van der Waals surface area contributed by atoms with Gasteiger partial charge in [0.15, 0.2) is 0 Å².